The number of nitrogens with zero attached hydrogens (tertiary/aromatic N) is 4. The van der Waals surface area contributed by atoms with Crippen molar-refractivity contribution in [3.63, 3.8) is 0 Å². The highest BCUT2D eigenvalue weighted by Gasteiger charge is 2.18. The first-order chi connectivity index (χ1) is 16.3. The maximum absolute atomic E-state index is 12.5. The molecule has 2 heterocycles. The van der Waals surface area contributed by atoms with Crippen LogP contribution in [0.5, 0.6) is 5.75 Å². The van der Waals surface area contributed by atoms with E-state index in [2.05, 4.69) is 22.2 Å². The van der Waals surface area contributed by atoms with Crippen LogP contribution in [0, 0.1) is 6.92 Å². The minimum atomic E-state index is -0.245. The largest absolute Gasteiger partial charge is 0.491 e. The van der Waals surface area contributed by atoms with E-state index in [0.29, 0.717) is 16.5 Å². The first kappa shape index (κ1) is 24.0. The van der Waals surface area contributed by atoms with Crippen molar-refractivity contribution < 1.29 is 9.53 Å². The first-order valence-corrected chi connectivity index (χ1v) is 11.8. The average Bonchev–Trinajstić information content (AvgIpc) is 2.79. The maximum Gasteiger partial charge on any atom is 0.248 e. The molecule has 1 amide bonds. The molecule has 0 bridgehead atoms. The minimum Gasteiger partial charge on any atom is -0.491 e. The zero-order valence-electron chi connectivity index (χ0n) is 20.0. The summed E-state index contributed by atoms with van der Waals surface area (Å²) in [5.41, 5.74) is 3.19. The van der Waals surface area contributed by atoms with Gasteiger partial charge in [-0.15, -0.1) is 0 Å². The molecule has 1 aliphatic rings. The number of ether oxygens (including phenoxy) is 1. The van der Waals surface area contributed by atoms with Gasteiger partial charge in [-0.1, -0.05) is 11.6 Å². The van der Waals surface area contributed by atoms with Gasteiger partial charge in [0.1, 0.15) is 5.75 Å². The number of carbonyl (C=O) groups is 1. The van der Waals surface area contributed by atoms with Crippen molar-refractivity contribution in [1.82, 2.24) is 14.9 Å². The third-order valence-electron chi connectivity index (χ3n) is 5.69. The van der Waals surface area contributed by atoms with Crippen molar-refractivity contribution in [1.29, 1.82) is 0 Å². The molecule has 0 spiro atoms. The number of likely N-dealkylation sites (N-methyl/N-ethyl adjacent to an activating group) is 1. The van der Waals surface area contributed by atoms with Gasteiger partial charge in [-0.05, 0) is 75.9 Å². The van der Waals surface area contributed by atoms with Gasteiger partial charge in [-0.2, -0.15) is 0 Å². The van der Waals surface area contributed by atoms with Gasteiger partial charge in [0.05, 0.1) is 22.3 Å². The summed E-state index contributed by atoms with van der Waals surface area (Å²) < 4.78 is 5.64. The second-order valence-electron chi connectivity index (χ2n) is 8.80. The number of rotatable bonds is 6. The van der Waals surface area contributed by atoms with Gasteiger partial charge < -0.3 is 19.9 Å². The summed E-state index contributed by atoms with van der Waals surface area (Å²) in [6.07, 6.45) is 3.22. The maximum atomic E-state index is 12.5. The molecule has 1 aliphatic heterocycles. The topological polar surface area (TPSA) is 70.6 Å². The molecule has 7 nitrogen and oxygen atoms in total. The van der Waals surface area contributed by atoms with E-state index in [-0.39, 0.29) is 12.0 Å². The Morgan fingerprint density at radius 3 is 2.59 bits per heavy atom. The second-order valence-corrected chi connectivity index (χ2v) is 9.21. The van der Waals surface area contributed by atoms with E-state index in [1.165, 1.54) is 6.08 Å². The lowest BCUT2D eigenvalue weighted by Gasteiger charge is -2.32. The van der Waals surface area contributed by atoms with E-state index in [1.807, 2.05) is 51.1 Å². The first-order valence-electron chi connectivity index (χ1n) is 11.5. The molecule has 8 heteroatoms. The van der Waals surface area contributed by atoms with Crippen LogP contribution in [-0.4, -0.2) is 60.1 Å². The number of piperazine rings is 1. The number of halogens is 1. The van der Waals surface area contributed by atoms with Crippen molar-refractivity contribution in [2.75, 3.05) is 43.4 Å². The Balaban J connectivity index is 1.45. The van der Waals surface area contributed by atoms with E-state index in [9.17, 15) is 4.79 Å². The van der Waals surface area contributed by atoms with Gasteiger partial charge in [0.15, 0.2) is 0 Å². The third-order valence-corrected chi connectivity index (χ3v) is 6.01. The summed E-state index contributed by atoms with van der Waals surface area (Å²) in [6.45, 7) is 9.72. The summed E-state index contributed by atoms with van der Waals surface area (Å²) in [5, 5.41) is 4.35. The predicted octanol–water partition coefficient (Wildman–Crippen LogP) is 4.78. The van der Waals surface area contributed by atoms with Crippen LogP contribution < -0.4 is 15.0 Å². The minimum absolute atomic E-state index is 0.0672. The monoisotopic (exact) mass is 479 g/mol. The van der Waals surface area contributed by atoms with Crippen molar-refractivity contribution in [3.05, 3.63) is 58.8 Å². The highest BCUT2D eigenvalue weighted by atomic mass is 35.5. The molecule has 34 heavy (non-hydrogen) atoms. The number of carbonyl (C=O) groups excluding carboxylic acids is 1. The number of benzene rings is 2. The quantitative estimate of drug-likeness (QED) is 0.513. The molecule has 4 rings (SSSR count). The van der Waals surface area contributed by atoms with Crippen LogP contribution in [0.15, 0.2) is 42.5 Å². The summed E-state index contributed by atoms with van der Waals surface area (Å²) in [4.78, 5) is 26.5. The van der Waals surface area contributed by atoms with Crippen LogP contribution in [0.25, 0.3) is 17.0 Å². The fraction of sp³-hybridized carbons (Fsp3) is 0.346. The van der Waals surface area contributed by atoms with Crippen molar-refractivity contribution in [3.8, 4) is 5.75 Å². The molecule has 0 saturated carbocycles. The van der Waals surface area contributed by atoms with E-state index >= 15 is 0 Å². The Bertz CT molecular complexity index is 1220. The Morgan fingerprint density at radius 1 is 1.12 bits per heavy atom. The SMILES string of the molecule is Cc1nc(N2CCN(C)CC2)nc2ccc(NC(=O)C=Cc3ccc(OC(C)C)cc3Cl)cc12. The third kappa shape index (κ3) is 5.85. The van der Waals surface area contributed by atoms with E-state index in [0.717, 1.165) is 54.3 Å². The molecule has 0 atom stereocenters. The number of anilines is 2. The van der Waals surface area contributed by atoms with Gasteiger partial charge in [-0.25, -0.2) is 9.97 Å². The summed E-state index contributed by atoms with van der Waals surface area (Å²) in [6, 6.07) is 11.1. The van der Waals surface area contributed by atoms with Gasteiger partial charge in [0, 0.05) is 43.3 Å². The van der Waals surface area contributed by atoms with Crippen molar-refractivity contribution in [2.45, 2.75) is 26.9 Å². The molecule has 1 fully saturated rings. The average molecular weight is 480 g/mol. The highest BCUT2D eigenvalue weighted by Crippen LogP contribution is 2.25. The summed E-state index contributed by atoms with van der Waals surface area (Å²) in [7, 11) is 2.13. The smallest absolute Gasteiger partial charge is 0.248 e. The Morgan fingerprint density at radius 2 is 1.88 bits per heavy atom. The molecular formula is C26H30ClN5O2. The number of hydrogen-bond acceptors (Lipinski definition) is 6. The van der Waals surface area contributed by atoms with Gasteiger partial charge in [0.2, 0.25) is 11.9 Å². The highest BCUT2D eigenvalue weighted by molar-refractivity contribution is 6.32. The zero-order valence-corrected chi connectivity index (χ0v) is 20.8. The summed E-state index contributed by atoms with van der Waals surface area (Å²) in [5.74, 6) is 1.22. The van der Waals surface area contributed by atoms with Crippen LogP contribution in [0.4, 0.5) is 11.6 Å². The predicted molar refractivity (Wildman–Crippen MR) is 139 cm³/mol. The number of hydrogen-bond donors (Lipinski definition) is 1. The fourth-order valence-electron chi connectivity index (χ4n) is 3.83. The normalized spacial score (nSPS) is 14.8. The zero-order chi connectivity index (χ0) is 24.2. The van der Waals surface area contributed by atoms with Crippen LogP contribution in [-0.2, 0) is 4.79 Å². The Hall–Kier alpha value is -3.16. The molecule has 1 saturated heterocycles. The molecule has 178 valence electrons. The molecule has 1 aromatic heterocycles. The lowest BCUT2D eigenvalue weighted by molar-refractivity contribution is -0.111. The number of fused-ring (bicyclic) bond motifs is 1. The van der Waals surface area contributed by atoms with Crippen LogP contribution in [0.3, 0.4) is 0 Å². The molecule has 1 N–H and O–H groups in total. The van der Waals surface area contributed by atoms with E-state index in [4.69, 9.17) is 26.3 Å². The van der Waals surface area contributed by atoms with Crippen LogP contribution in [0.2, 0.25) is 5.02 Å². The molecule has 3 aromatic rings. The fourth-order valence-corrected chi connectivity index (χ4v) is 4.06. The molecule has 0 aliphatic carbocycles. The Labute approximate surface area is 205 Å². The number of aromatic nitrogens is 2. The lowest BCUT2D eigenvalue weighted by Crippen LogP contribution is -2.45. The molecular weight excluding hydrogens is 450 g/mol. The number of amides is 1. The standard InChI is InChI=1S/C26H30ClN5O2/c1-17(2)34-21-8-5-19(23(27)16-21)6-10-25(33)29-20-7-9-24-22(15-20)18(3)28-26(30-24)32-13-11-31(4)12-14-32/h5-10,15-17H,11-14H2,1-4H3,(H,29,33). The van der Waals surface area contributed by atoms with Crippen molar-refractivity contribution in [2.24, 2.45) is 0 Å². The van der Waals surface area contributed by atoms with Crippen molar-refractivity contribution >= 4 is 46.1 Å². The molecule has 0 unspecified atom stereocenters. The van der Waals surface area contributed by atoms with Gasteiger partial charge in [0.25, 0.3) is 0 Å². The molecule has 2 aromatic carbocycles. The molecule has 0 radical (unpaired) electrons. The van der Waals surface area contributed by atoms with E-state index in [1.54, 1.807) is 12.1 Å². The second kappa shape index (κ2) is 10.4. The van der Waals surface area contributed by atoms with Gasteiger partial charge >= 0.3 is 0 Å². The van der Waals surface area contributed by atoms with Crippen LogP contribution in [0.1, 0.15) is 25.1 Å². The lowest BCUT2D eigenvalue weighted by atomic mass is 10.1. The Kier molecular flexibility index (Phi) is 7.34. The van der Waals surface area contributed by atoms with E-state index < -0.39 is 0 Å². The summed E-state index contributed by atoms with van der Waals surface area (Å²) >= 11 is 6.33. The number of aryl methyl sites for hydroxylation is 1. The van der Waals surface area contributed by atoms with Crippen LogP contribution >= 0.6 is 11.6 Å². The number of nitrogens with one attached hydrogen (secondary N) is 1. The van der Waals surface area contributed by atoms with Gasteiger partial charge in [-0.3, -0.25) is 4.79 Å².